The van der Waals surface area contributed by atoms with Gasteiger partial charge in [0.25, 0.3) is 11.8 Å². The Morgan fingerprint density at radius 2 is 1.75 bits per heavy atom. The van der Waals surface area contributed by atoms with E-state index in [1.165, 1.54) is 0 Å². The van der Waals surface area contributed by atoms with Crippen molar-refractivity contribution in [1.29, 1.82) is 0 Å². The topological polar surface area (TPSA) is 84.2 Å². The molecule has 5 nitrogen and oxygen atoms in total. The predicted octanol–water partition coefficient (Wildman–Crippen LogP) is 3.22. The predicted molar refractivity (Wildman–Crippen MR) is 97.2 cm³/mol. The van der Waals surface area contributed by atoms with Gasteiger partial charge in [0.05, 0.1) is 0 Å². The molecule has 5 heteroatoms. The summed E-state index contributed by atoms with van der Waals surface area (Å²) in [5.74, 6) is 0.0508. The van der Waals surface area contributed by atoms with E-state index >= 15 is 0 Å². The van der Waals surface area contributed by atoms with E-state index in [-0.39, 0.29) is 11.8 Å². The Morgan fingerprint density at radius 3 is 2.38 bits per heavy atom. The average Bonchev–Trinajstić information content (AvgIpc) is 2.54. The molecule has 2 rings (SSSR count). The molecule has 4 N–H and O–H groups in total. The van der Waals surface area contributed by atoms with Crippen LogP contribution in [-0.4, -0.2) is 18.4 Å². The number of hydrogen-bond acceptors (Lipinski definition) is 3. The molecule has 0 bridgehead atoms. The fourth-order valence-corrected chi connectivity index (χ4v) is 2.22. The first-order valence-corrected chi connectivity index (χ1v) is 7.92. The Balaban J connectivity index is 2.09. The molecule has 0 saturated carbocycles. The maximum Gasteiger partial charge on any atom is 0.255 e. The third kappa shape index (κ3) is 4.59. The highest BCUT2D eigenvalue weighted by Crippen LogP contribution is 2.18. The van der Waals surface area contributed by atoms with Crippen LogP contribution in [0.2, 0.25) is 0 Å². The first-order valence-electron chi connectivity index (χ1n) is 7.92. The van der Waals surface area contributed by atoms with Gasteiger partial charge in [0.2, 0.25) is 0 Å². The van der Waals surface area contributed by atoms with Crippen LogP contribution in [-0.2, 0) is 0 Å². The van der Waals surface area contributed by atoms with E-state index in [1.54, 1.807) is 42.5 Å². The van der Waals surface area contributed by atoms with Crippen LogP contribution >= 0.6 is 0 Å². The molecule has 24 heavy (non-hydrogen) atoms. The molecule has 2 aromatic carbocycles. The number of amides is 2. The lowest BCUT2D eigenvalue weighted by Gasteiger charge is -2.12. The molecule has 0 unspecified atom stereocenters. The highest BCUT2D eigenvalue weighted by Gasteiger charge is 2.11. The Labute approximate surface area is 142 Å². The highest BCUT2D eigenvalue weighted by molar-refractivity contribution is 6.05. The monoisotopic (exact) mass is 325 g/mol. The van der Waals surface area contributed by atoms with Crippen molar-refractivity contribution in [1.82, 2.24) is 5.32 Å². The molecule has 0 aromatic heterocycles. The Morgan fingerprint density at radius 1 is 1.04 bits per heavy atom. The van der Waals surface area contributed by atoms with Crippen molar-refractivity contribution in [3.63, 3.8) is 0 Å². The van der Waals surface area contributed by atoms with Gasteiger partial charge in [-0.15, -0.1) is 0 Å². The lowest BCUT2D eigenvalue weighted by atomic mass is 10.1. The maximum atomic E-state index is 12.3. The van der Waals surface area contributed by atoms with E-state index in [1.807, 2.05) is 20.8 Å². The molecule has 0 heterocycles. The average molecular weight is 325 g/mol. The van der Waals surface area contributed by atoms with Gasteiger partial charge in [-0.1, -0.05) is 19.9 Å². The zero-order chi connectivity index (χ0) is 17.7. The van der Waals surface area contributed by atoms with Crippen LogP contribution in [0.5, 0.6) is 0 Å². The van der Waals surface area contributed by atoms with Crippen LogP contribution in [0.1, 0.15) is 40.1 Å². The Hall–Kier alpha value is -2.82. The molecule has 0 fully saturated rings. The van der Waals surface area contributed by atoms with Gasteiger partial charge in [-0.05, 0) is 54.8 Å². The van der Waals surface area contributed by atoms with Gasteiger partial charge < -0.3 is 16.4 Å². The number of hydrogen-bond donors (Lipinski definition) is 3. The Bertz CT molecular complexity index is 754. The van der Waals surface area contributed by atoms with Crippen LogP contribution in [0.3, 0.4) is 0 Å². The summed E-state index contributed by atoms with van der Waals surface area (Å²) in [4.78, 5) is 24.4. The van der Waals surface area contributed by atoms with Crippen molar-refractivity contribution < 1.29 is 9.59 Å². The number of anilines is 2. The molecule has 0 spiro atoms. The van der Waals surface area contributed by atoms with Crippen LogP contribution in [0.4, 0.5) is 11.4 Å². The molecule has 0 saturated heterocycles. The van der Waals surface area contributed by atoms with E-state index in [2.05, 4.69) is 10.6 Å². The second-order valence-electron chi connectivity index (χ2n) is 6.21. The fraction of sp³-hybridized carbons (Fsp3) is 0.263. The number of rotatable bonds is 5. The van der Waals surface area contributed by atoms with Gasteiger partial charge in [-0.2, -0.15) is 0 Å². The number of nitrogens with one attached hydrogen (secondary N) is 2. The lowest BCUT2D eigenvalue weighted by Crippen LogP contribution is -2.27. The minimum atomic E-state index is -0.234. The van der Waals surface area contributed by atoms with E-state index in [9.17, 15) is 9.59 Å². The number of benzene rings is 2. The highest BCUT2D eigenvalue weighted by atomic mass is 16.2. The standard InChI is InChI=1S/C19H23N3O2/c1-12(2)11-21-18(23)15-7-8-17(13(3)9-15)22-19(24)14-5-4-6-16(20)10-14/h4-10,12H,11,20H2,1-3H3,(H,21,23)(H,22,24). The summed E-state index contributed by atoms with van der Waals surface area (Å²) in [6, 6.07) is 12.0. The molecular formula is C19H23N3O2. The van der Waals surface area contributed by atoms with E-state index in [4.69, 9.17) is 5.73 Å². The zero-order valence-electron chi connectivity index (χ0n) is 14.2. The number of nitrogens with two attached hydrogens (primary N) is 1. The van der Waals surface area contributed by atoms with Gasteiger partial charge >= 0.3 is 0 Å². The SMILES string of the molecule is Cc1cc(C(=O)NCC(C)C)ccc1NC(=O)c1cccc(N)c1. The minimum absolute atomic E-state index is 0.111. The summed E-state index contributed by atoms with van der Waals surface area (Å²) in [6.07, 6.45) is 0. The summed E-state index contributed by atoms with van der Waals surface area (Å²) < 4.78 is 0. The van der Waals surface area contributed by atoms with Crippen molar-refractivity contribution in [2.45, 2.75) is 20.8 Å². The summed E-state index contributed by atoms with van der Waals surface area (Å²) in [5, 5.41) is 5.72. The second-order valence-corrected chi connectivity index (χ2v) is 6.21. The zero-order valence-corrected chi connectivity index (χ0v) is 14.2. The summed E-state index contributed by atoms with van der Waals surface area (Å²) in [6.45, 7) is 6.57. The largest absolute Gasteiger partial charge is 0.399 e. The lowest BCUT2D eigenvalue weighted by molar-refractivity contribution is 0.0948. The first-order chi connectivity index (χ1) is 11.4. The summed E-state index contributed by atoms with van der Waals surface area (Å²) >= 11 is 0. The molecule has 0 aliphatic heterocycles. The van der Waals surface area contributed by atoms with Gasteiger partial charge in [0, 0.05) is 29.0 Å². The summed E-state index contributed by atoms with van der Waals surface area (Å²) in [5.41, 5.74) is 8.80. The molecule has 0 radical (unpaired) electrons. The maximum absolute atomic E-state index is 12.3. The van der Waals surface area contributed by atoms with Crippen LogP contribution in [0.15, 0.2) is 42.5 Å². The second kappa shape index (κ2) is 7.64. The van der Waals surface area contributed by atoms with Crippen molar-refractivity contribution in [3.8, 4) is 0 Å². The number of carbonyl (C=O) groups is 2. The van der Waals surface area contributed by atoms with Crippen LogP contribution < -0.4 is 16.4 Å². The van der Waals surface area contributed by atoms with Crippen LogP contribution in [0.25, 0.3) is 0 Å². The quantitative estimate of drug-likeness (QED) is 0.738. The van der Waals surface area contributed by atoms with Crippen molar-refractivity contribution in [2.75, 3.05) is 17.6 Å². The Kier molecular flexibility index (Phi) is 5.58. The van der Waals surface area contributed by atoms with Gasteiger partial charge in [-0.25, -0.2) is 0 Å². The smallest absolute Gasteiger partial charge is 0.255 e. The van der Waals surface area contributed by atoms with Gasteiger partial charge in [0.15, 0.2) is 0 Å². The molecular weight excluding hydrogens is 302 g/mol. The minimum Gasteiger partial charge on any atom is -0.399 e. The first kappa shape index (κ1) is 17.5. The molecule has 0 atom stereocenters. The van der Waals surface area contributed by atoms with Crippen LogP contribution in [0, 0.1) is 12.8 Å². The number of carbonyl (C=O) groups excluding carboxylic acids is 2. The molecule has 0 aliphatic rings. The van der Waals surface area contributed by atoms with E-state index in [0.29, 0.717) is 35.0 Å². The van der Waals surface area contributed by atoms with Crippen molar-refractivity contribution >= 4 is 23.2 Å². The van der Waals surface area contributed by atoms with E-state index < -0.39 is 0 Å². The van der Waals surface area contributed by atoms with E-state index in [0.717, 1.165) is 5.56 Å². The number of aryl methyl sites for hydroxylation is 1. The third-order valence-corrected chi connectivity index (χ3v) is 3.56. The third-order valence-electron chi connectivity index (χ3n) is 3.56. The van der Waals surface area contributed by atoms with Gasteiger partial charge in [0.1, 0.15) is 0 Å². The van der Waals surface area contributed by atoms with Crippen molar-refractivity contribution in [3.05, 3.63) is 59.2 Å². The molecule has 126 valence electrons. The number of nitrogen functional groups attached to an aromatic ring is 1. The van der Waals surface area contributed by atoms with Gasteiger partial charge in [-0.3, -0.25) is 9.59 Å². The molecule has 0 aliphatic carbocycles. The fourth-order valence-electron chi connectivity index (χ4n) is 2.22. The van der Waals surface area contributed by atoms with Crippen molar-refractivity contribution in [2.24, 2.45) is 5.92 Å². The molecule has 2 aromatic rings. The molecule has 2 amide bonds. The normalized spacial score (nSPS) is 10.5. The summed E-state index contributed by atoms with van der Waals surface area (Å²) in [7, 11) is 0.